The fourth-order valence-electron chi connectivity index (χ4n) is 6.84. The van der Waals surface area contributed by atoms with Crippen LogP contribution >= 0.6 is 0 Å². The number of benzene rings is 3. The molecule has 6 nitrogen and oxygen atoms in total. The number of hydrogen-bond donors (Lipinski definition) is 0. The molecule has 1 spiro atoms. The molecule has 4 fully saturated rings. The Balaban J connectivity index is 1.14. The first kappa shape index (κ1) is 29.5. The zero-order valence-corrected chi connectivity index (χ0v) is 26.0. The van der Waals surface area contributed by atoms with Gasteiger partial charge in [0.1, 0.15) is 12.2 Å². The smallest absolute Gasteiger partial charge is 0.338 e. The van der Waals surface area contributed by atoms with Crippen LogP contribution in [-0.2, 0) is 28.8 Å². The van der Waals surface area contributed by atoms with E-state index >= 15 is 0 Å². The van der Waals surface area contributed by atoms with Crippen molar-refractivity contribution in [3.8, 4) is 0 Å². The van der Waals surface area contributed by atoms with Crippen LogP contribution < -0.4 is 0 Å². The number of sulfone groups is 1. The van der Waals surface area contributed by atoms with Crippen molar-refractivity contribution in [3.05, 3.63) is 107 Å². The second kappa shape index (κ2) is 11.9. The first-order valence-electron chi connectivity index (χ1n) is 16.1. The molecular formula is C37H40O6S. The molecule has 0 aromatic heterocycles. The first-order chi connectivity index (χ1) is 21.4. The molecular weight excluding hydrogens is 572 g/mol. The van der Waals surface area contributed by atoms with E-state index in [4.69, 9.17) is 14.2 Å². The van der Waals surface area contributed by atoms with Crippen LogP contribution in [0.5, 0.6) is 0 Å². The van der Waals surface area contributed by atoms with E-state index in [0.29, 0.717) is 23.3 Å². The molecule has 0 N–H and O–H groups in total. The SMILES string of the molecule is CCOC(=O)C(=CC1CCC2(CC1)O[C@@H](c1ccccc1)[C@H](c1ccccc1)O2)c1ccc(S(=O)(=O)C2CC2)c(C2CC2)c1. The number of carbonyl (C=O) groups is 1. The third-order valence-corrected chi connectivity index (χ3v) is 11.8. The Morgan fingerprint density at radius 3 is 1.95 bits per heavy atom. The predicted molar refractivity (Wildman–Crippen MR) is 168 cm³/mol. The molecule has 0 radical (unpaired) electrons. The summed E-state index contributed by atoms with van der Waals surface area (Å²) in [6.45, 7) is 2.08. The van der Waals surface area contributed by atoms with Crippen molar-refractivity contribution in [2.75, 3.05) is 6.61 Å². The molecule has 1 aliphatic heterocycles. The minimum Gasteiger partial charge on any atom is -0.462 e. The maximum atomic E-state index is 13.3. The number of ether oxygens (including phenoxy) is 3. The van der Waals surface area contributed by atoms with E-state index in [-0.39, 0.29) is 41.9 Å². The standard InChI is InChI=1S/C37H40O6S/c1-2-41-36(38)32(29-15-18-33(31(24-29)26-13-14-26)44(39,40)30-16-17-30)23-25-19-21-37(22-20-25)42-34(27-9-5-3-6-10-27)35(43-37)28-11-7-4-8-12-28/h3-12,15,18,23-26,30,34-35H,2,13-14,16-17,19-22H2,1H3/t34-,35-/m0/s1. The lowest BCUT2D eigenvalue weighted by Gasteiger charge is -2.35. The lowest BCUT2D eigenvalue weighted by Crippen LogP contribution is -2.35. The normalized spacial score (nSPS) is 24.0. The summed E-state index contributed by atoms with van der Waals surface area (Å²) in [6, 6.07) is 26.0. The van der Waals surface area contributed by atoms with Crippen LogP contribution in [0.15, 0.2) is 89.8 Å². The van der Waals surface area contributed by atoms with E-state index in [1.54, 1.807) is 12.1 Å². The Kier molecular flexibility index (Phi) is 7.98. The number of esters is 1. The number of allylic oxidation sites excluding steroid dienone is 1. The van der Waals surface area contributed by atoms with Gasteiger partial charge in [0.05, 0.1) is 22.3 Å². The number of hydrogen-bond acceptors (Lipinski definition) is 6. The van der Waals surface area contributed by atoms with Crippen LogP contribution in [0.2, 0.25) is 0 Å². The fraction of sp³-hybridized carbons (Fsp3) is 0.432. The molecule has 3 aromatic rings. The third-order valence-electron chi connectivity index (χ3n) is 9.51. The van der Waals surface area contributed by atoms with Gasteiger partial charge in [0, 0.05) is 12.8 Å². The van der Waals surface area contributed by atoms with Crippen LogP contribution in [0.1, 0.15) is 98.7 Å². The highest BCUT2D eigenvalue weighted by atomic mass is 32.2. The van der Waals surface area contributed by atoms with Crippen molar-refractivity contribution in [1.82, 2.24) is 0 Å². The van der Waals surface area contributed by atoms with Gasteiger partial charge in [0.15, 0.2) is 15.6 Å². The highest BCUT2D eigenvalue weighted by molar-refractivity contribution is 7.92. The van der Waals surface area contributed by atoms with Crippen molar-refractivity contribution in [3.63, 3.8) is 0 Å². The van der Waals surface area contributed by atoms with Gasteiger partial charge in [-0.15, -0.1) is 0 Å². The Labute approximate surface area is 260 Å². The summed E-state index contributed by atoms with van der Waals surface area (Å²) in [4.78, 5) is 13.8. The van der Waals surface area contributed by atoms with Gasteiger partial charge in [-0.25, -0.2) is 13.2 Å². The van der Waals surface area contributed by atoms with Crippen molar-refractivity contribution >= 4 is 21.4 Å². The van der Waals surface area contributed by atoms with Crippen LogP contribution in [0, 0.1) is 5.92 Å². The Morgan fingerprint density at radius 2 is 1.43 bits per heavy atom. The highest BCUT2D eigenvalue weighted by Crippen LogP contribution is 2.53. The molecule has 0 unspecified atom stereocenters. The van der Waals surface area contributed by atoms with Gasteiger partial charge in [-0.1, -0.05) is 72.8 Å². The quantitative estimate of drug-likeness (QED) is 0.181. The third kappa shape index (κ3) is 5.90. The second-order valence-electron chi connectivity index (χ2n) is 12.7. The van der Waals surface area contributed by atoms with Crippen LogP contribution in [0.3, 0.4) is 0 Å². The zero-order chi connectivity index (χ0) is 30.3. The molecule has 7 rings (SSSR count). The summed E-state index contributed by atoms with van der Waals surface area (Å²) in [5.41, 5.74) is 4.32. The maximum absolute atomic E-state index is 13.3. The van der Waals surface area contributed by atoms with Gasteiger partial charge in [-0.3, -0.25) is 0 Å². The number of carbonyl (C=O) groups excluding carboxylic acids is 1. The van der Waals surface area contributed by atoms with Gasteiger partial charge < -0.3 is 14.2 Å². The van der Waals surface area contributed by atoms with Crippen LogP contribution in [0.4, 0.5) is 0 Å². The average Bonchev–Trinajstić information content (AvgIpc) is 3.98. The summed E-state index contributed by atoms with van der Waals surface area (Å²) >= 11 is 0. The second-order valence-corrected chi connectivity index (χ2v) is 14.9. The molecule has 7 heteroatoms. The lowest BCUT2D eigenvalue weighted by atomic mass is 9.83. The van der Waals surface area contributed by atoms with Gasteiger partial charge in [0.25, 0.3) is 0 Å². The summed E-state index contributed by atoms with van der Waals surface area (Å²) < 4.78 is 45.5. The monoisotopic (exact) mass is 612 g/mol. The molecule has 44 heavy (non-hydrogen) atoms. The van der Waals surface area contributed by atoms with Crippen molar-refractivity contribution < 1.29 is 27.4 Å². The van der Waals surface area contributed by atoms with E-state index in [1.165, 1.54) is 0 Å². The summed E-state index contributed by atoms with van der Waals surface area (Å²) in [5.74, 6) is -0.678. The Morgan fingerprint density at radius 1 is 0.841 bits per heavy atom. The first-order valence-corrected chi connectivity index (χ1v) is 17.6. The van der Waals surface area contributed by atoms with Gasteiger partial charge in [0.2, 0.25) is 0 Å². The largest absolute Gasteiger partial charge is 0.462 e. The Bertz CT molecular complexity index is 1580. The minimum atomic E-state index is -3.33. The predicted octanol–water partition coefficient (Wildman–Crippen LogP) is 7.86. The molecule has 1 saturated heterocycles. The number of rotatable bonds is 9. The molecule has 3 aromatic carbocycles. The van der Waals surface area contributed by atoms with E-state index in [0.717, 1.165) is 60.8 Å². The van der Waals surface area contributed by atoms with Gasteiger partial charge >= 0.3 is 5.97 Å². The maximum Gasteiger partial charge on any atom is 0.338 e. The summed E-state index contributed by atoms with van der Waals surface area (Å²) in [7, 11) is -3.33. The average molecular weight is 613 g/mol. The Hall–Kier alpha value is -3.26. The summed E-state index contributed by atoms with van der Waals surface area (Å²) in [6.07, 6.45) is 8.09. The van der Waals surface area contributed by atoms with Crippen LogP contribution in [0.25, 0.3) is 5.57 Å². The van der Waals surface area contributed by atoms with Gasteiger partial charge in [-0.2, -0.15) is 0 Å². The van der Waals surface area contributed by atoms with E-state index in [9.17, 15) is 13.2 Å². The molecule has 1 heterocycles. The molecule has 3 saturated carbocycles. The fourth-order valence-corrected chi connectivity index (χ4v) is 8.77. The highest BCUT2D eigenvalue weighted by Gasteiger charge is 2.50. The van der Waals surface area contributed by atoms with Crippen molar-refractivity contribution in [2.45, 2.75) is 92.3 Å². The topological polar surface area (TPSA) is 78.9 Å². The lowest BCUT2D eigenvalue weighted by molar-refractivity contribution is -0.198. The molecule has 2 atom stereocenters. The zero-order valence-electron chi connectivity index (χ0n) is 25.2. The minimum absolute atomic E-state index is 0.137. The molecule has 4 aliphatic rings. The van der Waals surface area contributed by atoms with Gasteiger partial charge in [-0.05, 0) is 91.7 Å². The van der Waals surface area contributed by atoms with E-state index < -0.39 is 15.6 Å². The molecule has 3 aliphatic carbocycles. The molecule has 230 valence electrons. The van der Waals surface area contributed by atoms with Crippen LogP contribution in [-0.4, -0.2) is 32.0 Å². The van der Waals surface area contributed by atoms with E-state index in [2.05, 4.69) is 24.3 Å². The molecule has 0 amide bonds. The van der Waals surface area contributed by atoms with E-state index in [1.807, 2.05) is 55.5 Å². The molecule has 0 bridgehead atoms. The van der Waals surface area contributed by atoms with Crippen molar-refractivity contribution in [1.29, 1.82) is 0 Å². The summed E-state index contributed by atoms with van der Waals surface area (Å²) in [5, 5.41) is -0.261. The van der Waals surface area contributed by atoms with Crippen molar-refractivity contribution in [2.24, 2.45) is 5.92 Å².